The van der Waals surface area contributed by atoms with Crippen LogP contribution in [0.4, 0.5) is 4.39 Å². The monoisotopic (exact) mass is 246 g/mol. The number of para-hydroxylation sites is 1. The van der Waals surface area contributed by atoms with Crippen molar-refractivity contribution in [1.82, 2.24) is 0 Å². The fourth-order valence-corrected chi connectivity index (χ4v) is 1.47. The molecule has 4 heteroatoms. The first-order valence-corrected chi connectivity index (χ1v) is 5.32. The van der Waals surface area contributed by atoms with Gasteiger partial charge in [-0.25, -0.2) is 9.18 Å². The summed E-state index contributed by atoms with van der Waals surface area (Å²) in [4.78, 5) is 11.3. The molecule has 0 spiro atoms. The number of benzene rings is 2. The van der Waals surface area contributed by atoms with E-state index in [2.05, 4.69) is 4.74 Å². The maximum atomic E-state index is 14.0. The summed E-state index contributed by atoms with van der Waals surface area (Å²) < 4.78 is 23.8. The quantitative estimate of drug-likeness (QED) is 0.778. The van der Waals surface area contributed by atoms with Crippen LogP contribution in [0.5, 0.6) is 11.5 Å². The highest BCUT2D eigenvalue weighted by Gasteiger charge is 2.16. The van der Waals surface area contributed by atoms with E-state index in [1.807, 2.05) is 6.07 Å². The van der Waals surface area contributed by atoms with E-state index in [1.165, 1.54) is 25.3 Å². The molecule has 2 rings (SSSR count). The number of hydrogen-bond donors (Lipinski definition) is 0. The van der Waals surface area contributed by atoms with Crippen molar-refractivity contribution in [3.8, 4) is 11.5 Å². The lowest BCUT2D eigenvalue weighted by atomic mass is 10.2. The van der Waals surface area contributed by atoms with Crippen LogP contribution in [-0.4, -0.2) is 13.1 Å². The Morgan fingerprint density at radius 1 is 1.06 bits per heavy atom. The second-order valence-electron chi connectivity index (χ2n) is 3.52. The van der Waals surface area contributed by atoms with Crippen LogP contribution in [-0.2, 0) is 4.74 Å². The van der Waals surface area contributed by atoms with E-state index in [1.54, 1.807) is 24.3 Å². The van der Waals surface area contributed by atoms with Gasteiger partial charge in [-0.3, -0.25) is 0 Å². The number of hydrogen-bond acceptors (Lipinski definition) is 3. The van der Waals surface area contributed by atoms with Crippen molar-refractivity contribution in [1.29, 1.82) is 0 Å². The molecule has 2 aromatic carbocycles. The lowest BCUT2D eigenvalue weighted by Gasteiger charge is -2.08. The summed E-state index contributed by atoms with van der Waals surface area (Å²) in [6, 6.07) is 13.1. The molecular formula is C14H11FO3. The smallest absolute Gasteiger partial charge is 0.340 e. The summed E-state index contributed by atoms with van der Waals surface area (Å²) in [7, 11) is 1.20. The third-order valence-corrected chi connectivity index (χ3v) is 2.34. The number of halogens is 1. The average molecular weight is 246 g/mol. The summed E-state index contributed by atoms with van der Waals surface area (Å²) in [5.74, 6) is -0.971. The van der Waals surface area contributed by atoms with Gasteiger partial charge in [0.25, 0.3) is 0 Å². The second kappa shape index (κ2) is 5.31. The van der Waals surface area contributed by atoms with E-state index in [0.717, 1.165) is 0 Å². The molecule has 2 aromatic rings. The van der Waals surface area contributed by atoms with Gasteiger partial charge in [0.1, 0.15) is 5.75 Å². The average Bonchev–Trinajstić information content (AvgIpc) is 2.41. The van der Waals surface area contributed by atoms with Gasteiger partial charge in [-0.05, 0) is 24.3 Å². The van der Waals surface area contributed by atoms with E-state index in [-0.39, 0.29) is 11.3 Å². The van der Waals surface area contributed by atoms with Crippen LogP contribution < -0.4 is 4.74 Å². The first kappa shape index (κ1) is 12.1. The summed E-state index contributed by atoms with van der Waals surface area (Å²) >= 11 is 0. The maximum Gasteiger partial charge on any atom is 0.340 e. The Hall–Kier alpha value is -2.36. The van der Waals surface area contributed by atoms with Crippen LogP contribution in [0.1, 0.15) is 10.4 Å². The zero-order valence-electron chi connectivity index (χ0n) is 9.72. The number of methoxy groups -OCH3 is 1. The van der Waals surface area contributed by atoms with Gasteiger partial charge in [0.15, 0.2) is 11.6 Å². The fraction of sp³-hybridized carbons (Fsp3) is 0.0714. The maximum absolute atomic E-state index is 14.0. The molecule has 0 amide bonds. The van der Waals surface area contributed by atoms with Gasteiger partial charge in [-0.2, -0.15) is 0 Å². The Kier molecular flexibility index (Phi) is 3.57. The van der Waals surface area contributed by atoms with Gasteiger partial charge in [-0.1, -0.05) is 24.3 Å². The first-order chi connectivity index (χ1) is 8.72. The Morgan fingerprint density at radius 3 is 2.44 bits per heavy atom. The molecule has 92 valence electrons. The Bertz CT molecular complexity index is 552. The van der Waals surface area contributed by atoms with E-state index in [0.29, 0.717) is 5.75 Å². The minimum Gasteiger partial charge on any atom is -0.465 e. The molecule has 3 nitrogen and oxygen atoms in total. The fourth-order valence-electron chi connectivity index (χ4n) is 1.47. The topological polar surface area (TPSA) is 35.5 Å². The zero-order valence-corrected chi connectivity index (χ0v) is 9.72. The molecule has 0 aliphatic carbocycles. The highest BCUT2D eigenvalue weighted by atomic mass is 19.1. The van der Waals surface area contributed by atoms with E-state index in [9.17, 15) is 9.18 Å². The third kappa shape index (κ3) is 2.48. The molecular weight excluding hydrogens is 235 g/mol. The molecule has 0 unspecified atom stereocenters. The second-order valence-corrected chi connectivity index (χ2v) is 3.52. The zero-order chi connectivity index (χ0) is 13.0. The normalized spacial score (nSPS) is 9.89. The Labute approximate surface area is 104 Å². The Morgan fingerprint density at radius 2 is 1.78 bits per heavy atom. The van der Waals surface area contributed by atoms with Crippen LogP contribution in [0.2, 0.25) is 0 Å². The number of carbonyl (C=O) groups excluding carboxylic acids is 1. The molecule has 0 N–H and O–H groups in total. The molecule has 0 atom stereocenters. The summed E-state index contributed by atoms with van der Waals surface area (Å²) in [5, 5.41) is 0. The van der Waals surface area contributed by atoms with Crippen molar-refractivity contribution in [2.75, 3.05) is 7.11 Å². The molecule has 0 saturated heterocycles. The van der Waals surface area contributed by atoms with Crippen LogP contribution in [0.15, 0.2) is 48.5 Å². The highest BCUT2D eigenvalue weighted by molar-refractivity contribution is 5.90. The number of rotatable bonds is 3. The summed E-state index contributed by atoms with van der Waals surface area (Å²) in [6.45, 7) is 0. The largest absolute Gasteiger partial charge is 0.465 e. The molecule has 0 heterocycles. The minimum absolute atomic E-state index is 0.0101. The molecule has 0 fully saturated rings. The van der Waals surface area contributed by atoms with E-state index >= 15 is 0 Å². The van der Waals surface area contributed by atoms with Crippen molar-refractivity contribution in [3.05, 3.63) is 59.9 Å². The SMILES string of the molecule is COC(=O)c1cccc(Oc2ccccc2)c1F. The molecule has 0 radical (unpaired) electrons. The van der Waals surface area contributed by atoms with Crippen LogP contribution in [0, 0.1) is 5.82 Å². The molecule has 0 saturated carbocycles. The van der Waals surface area contributed by atoms with Crippen molar-refractivity contribution in [2.24, 2.45) is 0 Å². The predicted octanol–water partition coefficient (Wildman–Crippen LogP) is 3.40. The van der Waals surface area contributed by atoms with Gasteiger partial charge in [-0.15, -0.1) is 0 Å². The van der Waals surface area contributed by atoms with Crippen LogP contribution in [0.25, 0.3) is 0 Å². The number of esters is 1. The Balaban J connectivity index is 2.32. The van der Waals surface area contributed by atoms with Gasteiger partial charge in [0, 0.05) is 0 Å². The minimum atomic E-state index is -0.731. The number of ether oxygens (including phenoxy) is 2. The van der Waals surface area contributed by atoms with Crippen molar-refractivity contribution in [3.63, 3.8) is 0 Å². The van der Waals surface area contributed by atoms with Gasteiger partial charge in [0.2, 0.25) is 0 Å². The molecule has 18 heavy (non-hydrogen) atoms. The van der Waals surface area contributed by atoms with E-state index in [4.69, 9.17) is 4.74 Å². The third-order valence-electron chi connectivity index (χ3n) is 2.34. The molecule has 0 aliphatic heterocycles. The van der Waals surface area contributed by atoms with Gasteiger partial charge < -0.3 is 9.47 Å². The molecule has 0 bridgehead atoms. The number of carbonyl (C=O) groups is 1. The lowest BCUT2D eigenvalue weighted by molar-refractivity contribution is 0.0594. The van der Waals surface area contributed by atoms with Crippen LogP contribution in [0.3, 0.4) is 0 Å². The summed E-state index contributed by atoms with van der Waals surface area (Å²) in [5.41, 5.74) is -0.147. The molecule has 0 aliphatic rings. The first-order valence-electron chi connectivity index (χ1n) is 5.32. The standard InChI is InChI=1S/C14H11FO3/c1-17-14(16)11-8-5-9-12(13(11)15)18-10-6-3-2-4-7-10/h2-9H,1H3. The van der Waals surface area contributed by atoms with E-state index < -0.39 is 11.8 Å². The van der Waals surface area contributed by atoms with Gasteiger partial charge in [0.05, 0.1) is 12.7 Å². The summed E-state index contributed by atoms with van der Waals surface area (Å²) in [6.07, 6.45) is 0. The van der Waals surface area contributed by atoms with Crippen LogP contribution >= 0.6 is 0 Å². The van der Waals surface area contributed by atoms with Crippen molar-refractivity contribution >= 4 is 5.97 Å². The predicted molar refractivity (Wildman–Crippen MR) is 64.3 cm³/mol. The lowest BCUT2D eigenvalue weighted by Crippen LogP contribution is -2.05. The van der Waals surface area contributed by atoms with Crippen molar-refractivity contribution < 1.29 is 18.7 Å². The molecule has 0 aromatic heterocycles. The van der Waals surface area contributed by atoms with Gasteiger partial charge >= 0.3 is 5.97 Å². The highest BCUT2D eigenvalue weighted by Crippen LogP contribution is 2.26. The van der Waals surface area contributed by atoms with Crippen molar-refractivity contribution in [2.45, 2.75) is 0 Å².